The average molecular weight is 330 g/mol. The summed E-state index contributed by atoms with van der Waals surface area (Å²) in [6, 6.07) is 6.07. The van der Waals surface area contributed by atoms with Crippen molar-refractivity contribution in [1.82, 2.24) is 10.3 Å². The van der Waals surface area contributed by atoms with E-state index in [4.69, 9.17) is 16.0 Å². The highest BCUT2D eigenvalue weighted by Gasteiger charge is 2.08. The van der Waals surface area contributed by atoms with Crippen LogP contribution in [0.2, 0.25) is 5.02 Å². The molecule has 0 unspecified atom stereocenters. The molecule has 3 nitrogen and oxygen atoms in total. The van der Waals surface area contributed by atoms with E-state index in [-0.39, 0.29) is 0 Å². The molecule has 0 saturated carbocycles. The Balaban J connectivity index is 2.16. The molecule has 1 N–H and O–H groups in total. The molecule has 0 amide bonds. The van der Waals surface area contributed by atoms with E-state index in [0.29, 0.717) is 23.5 Å². The zero-order chi connectivity index (χ0) is 13.1. The Morgan fingerprint density at radius 3 is 2.89 bits per heavy atom. The number of nitrogens with one attached hydrogen (secondary N) is 1. The van der Waals surface area contributed by atoms with Crippen LogP contribution in [0.1, 0.15) is 19.7 Å². The van der Waals surface area contributed by atoms with E-state index >= 15 is 0 Å². The van der Waals surface area contributed by atoms with Crippen molar-refractivity contribution in [3.05, 3.63) is 39.8 Å². The largest absolute Gasteiger partial charge is 0.439 e. The lowest BCUT2D eigenvalue weighted by Gasteiger charge is -2.04. The minimum absolute atomic E-state index is 0.407. The van der Waals surface area contributed by atoms with Crippen LogP contribution >= 0.6 is 27.5 Å². The van der Waals surface area contributed by atoms with E-state index in [0.717, 1.165) is 15.8 Å². The first kappa shape index (κ1) is 13.6. The molecule has 0 fully saturated rings. The maximum Gasteiger partial charge on any atom is 0.208 e. The lowest BCUT2D eigenvalue weighted by molar-refractivity contribution is 0.459. The van der Waals surface area contributed by atoms with Gasteiger partial charge in [0.2, 0.25) is 5.89 Å². The molecule has 0 radical (unpaired) electrons. The summed E-state index contributed by atoms with van der Waals surface area (Å²) in [6.07, 6.45) is 1.73. The van der Waals surface area contributed by atoms with Crippen LogP contribution in [0.5, 0.6) is 0 Å². The van der Waals surface area contributed by atoms with Crippen molar-refractivity contribution in [1.29, 1.82) is 0 Å². The first-order chi connectivity index (χ1) is 8.56. The second-order valence-corrected chi connectivity index (χ2v) is 5.54. The maximum atomic E-state index is 5.95. The SMILES string of the molecule is CC(C)NCc1ncc(-c2ccc(Cl)c(Br)c2)o1. The van der Waals surface area contributed by atoms with Crippen LogP contribution in [0, 0.1) is 0 Å². The summed E-state index contributed by atoms with van der Waals surface area (Å²) >= 11 is 9.35. The molecular weight excluding hydrogens is 316 g/mol. The van der Waals surface area contributed by atoms with E-state index in [9.17, 15) is 0 Å². The van der Waals surface area contributed by atoms with Crippen LogP contribution in [0.3, 0.4) is 0 Å². The van der Waals surface area contributed by atoms with Crippen molar-refractivity contribution < 1.29 is 4.42 Å². The quantitative estimate of drug-likeness (QED) is 0.911. The predicted octanol–water partition coefficient (Wildman–Crippen LogP) is 4.26. The number of nitrogens with zero attached hydrogens (tertiary/aromatic N) is 1. The smallest absolute Gasteiger partial charge is 0.208 e. The monoisotopic (exact) mass is 328 g/mol. The first-order valence-electron chi connectivity index (χ1n) is 5.70. The van der Waals surface area contributed by atoms with Gasteiger partial charge in [0.1, 0.15) is 0 Å². The van der Waals surface area contributed by atoms with E-state index in [2.05, 4.69) is 40.1 Å². The van der Waals surface area contributed by atoms with Gasteiger partial charge in [0.05, 0.1) is 17.8 Å². The molecule has 0 aliphatic heterocycles. The number of rotatable bonds is 4. The molecule has 0 atom stereocenters. The molecule has 0 aliphatic carbocycles. The summed E-state index contributed by atoms with van der Waals surface area (Å²) in [5.41, 5.74) is 0.953. The zero-order valence-electron chi connectivity index (χ0n) is 10.2. The predicted molar refractivity (Wildman–Crippen MR) is 76.6 cm³/mol. The molecule has 1 aromatic carbocycles. The van der Waals surface area contributed by atoms with Gasteiger partial charge in [-0.05, 0) is 34.1 Å². The fourth-order valence-corrected chi connectivity index (χ4v) is 1.96. The second kappa shape index (κ2) is 5.87. The Kier molecular flexibility index (Phi) is 4.43. The van der Waals surface area contributed by atoms with Crippen molar-refractivity contribution in [3.63, 3.8) is 0 Å². The van der Waals surface area contributed by atoms with Gasteiger partial charge < -0.3 is 9.73 Å². The van der Waals surface area contributed by atoms with Gasteiger partial charge in [0.25, 0.3) is 0 Å². The molecule has 1 heterocycles. The van der Waals surface area contributed by atoms with E-state index < -0.39 is 0 Å². The molecule has 0 saturated heterocycles. The number of halogens is 2. The summed E-state index contributed by atoms with van der Waals surface area (Å²) in [5.74, 6) is 1.43. The third-order valence-corrected chi connectivity index (χ3v) is 3.63. The second-order valence-electron chi connectivity index (χ2n) is 4.28. The van der Waals surface area contributed by atoms with Gasteiger partial charge in [-0.2, -0.15) is 0 Å². The Labute approximate surface area is 120 Å². The molecule has 0 aliphatic rings. The fraction of sp³-hybridized carbons (Fsp3) is 0.308. The average Bonchev–Trinajstić information content (AvgIpc) is 2.79. The lowest BCUT2D eigenvalue weighted by Crippen LogP contribution is -2.21. The van der Waals surface area contributed by atoms with Crippen molar-refractivity contribution in [2.24, 2.45) is 0 Å². The van der Waals surface area contributed by atoms with E-state index in [1.54, 1.807) is 6.20 Å². The third-order valence-electron chi connectivity index (χ3n) is 2.42. The van der Waals surface area contributed by atoms with Crippen molar-refractivity contribution >= 4 is 27.5 Å². The highest BCUT2D eigenvalue weighted by atomic mass is 79.9. The number of benzene rings is 1. The normalized spacial score (nSPS) is 11.2. The molecule has 0 bridgehead atoms. The minimum atomic E-state index is 0.407. The van der Waals surface area contributed by atoms with Crippen molar-refractivity contribution in [2.75, 3.05) is 0 Å². The Morgan fingerprint density at radius 1 is 1.44 bits per heavy atom. The summed E-state index contributed by atoms with van der Waals surface area (Å²) in [4.78, 5) is 4.24. The Morgan fingerprint density at radius 2 is 2.22 bits per heavy atom. The van der Waals surface area contributed by atoms with Gasteiger partial charge in [0.15, 0.2) is 5.76 Å². The van der Waals surface area contributed by atoms with E-state index in [1.165, 1.54) is 0 Å². The minimum Gasteiger partial charge on any atom is -0.439 e. The summed E-state index contributed by atoms with van der Waals surface area (Å²) < 4.78 is 6.52. The van der Waals surface area contributed by atoms with Gasteiger partial charge in [0, 0.05) is 16.1 Å². The van der Waals surface area contributed by atoms with Crippen LogP contribution in [-0.2, 0) is 6.54 Å². The molecule has 0 spiro atoms. The molecule has 5 heteroatoms. The Hall–Kier alpha value is -0.840. The molecule has 18 heavy (non-hydrogen) atoms. The highest BCUT2D eigenvalue weighted by Crippen LogP contribution is 2.29. The standard InChI is InChI=1S/C13H14BrClN2O/c1-8(2)16-7-13-17-6-12(18-13)9-3-4-11(15)10(14)5-9/h3-6,8,16H,7H2,1-2H3. The summed E-state index contributed by atoms with van der Waals surface area (Å²) in [6.45, 7) is 4.80. The number of hydrogen-bond acceptors (Lipinski definition) is 3. The number of hydrogen-bond donors (Lipinski definition) is 1. The maximum absolute atomic E-state index is 5.95. The van der Waals surface area contributed by atoms with Crippen molar-refractivity contribution in [3.8, 4) is 11.3 Å². The van der Waals surface area contributed by atoms with Crippen LogP contribution in [-0.4, -0.2) is 11.0 Å². The van der Waals surface area contributed by atoms with Crippen molar-refractivity contribution in [2.45, 2.75) is 26.4 Å². The van der Waals surface area contributed by atoms with Crippen LogP contribution in [0.4, 0.5) is 0 Å². The van der Waals surface area contributed by atoms with E-state index in [1.807, 2.05) is 18.2 Å². The van der Waals surface area contributed by atoms with Crippen LogP contribution in [0.15, 0.2) is 33.3 Å². The fourth-order valence-electron chi connectivity index (χ4n) is 1.47. The van der Waals surface area contributed by atoms with Gasteiger partial charge in [-0.1, -0.05) is 25.4 Å². The molecular formula is C13H14BrClN2O. The molecule has 2 rings (SSSR count). The number of aromatic nitrogens is 1. The summed E-state index contributed by atoms with van der Waals surface area (Å²) in [7, 11) is 0. The van der Waals surface area contributed by atoms with Crippen LogP contribution in [0.25, 0.3) is 11.3 Å². The van der Waals surface area contributed by atoms with Gasteiger partial charge >= 0.3 is 0 Å². The van der Waals surface area contributed by atoms with Gasteiger partial charge in [-0.25, -0.2) is 4.98 Å². The topological polar surface area (TPSA) is 38.1 Å². The first-order valence-corrected chi connectivity index (χ1v) is 6.87. The lowest BCUT2D eigenvalue weighted by atomic mass is 10.2. The highest BCUT2D eigenvalue weighted by molar-refractivity contribution is 9.10. The zero-order valence-corrected chi connectivity index (χ0v) is 12.5. The number of oxazole rings is 1. The Bertz CT molecular complexity index is 540. The summed E-state index contributed by atoms with van der Waals surface area (Å²) in [5, 5.41) is 3.94. The van der Waals surface area contributed by atoms with Gasteiger partial charge in [-0.3, -0.25) is 0 Å². The third kappa shape index (κ3) is 3.34. The van der Waals surface area contributed by atoms with Gasteiger partial charge in [-0.15, -0.1) is 0 Å². The molecule has 1 aromatic heterocycles. The van der Waals surface area contributed by atoms with Crippen LogP contribution < -0.4 is 5.32 Å². The molecule has 2 aromatic rings. The molecule has 96 valence electrons.